The molecule has 1 aromatic rings. The van der Waals surface area contributed by atoms with Crippen LogP contribution in [0.5, 0.6) is 5.75 Å². The van der Waals surface area contributed by atoms with Gasteiger partial charge in [0.25, 0.3) is 0 Å². The molecule has 0 aliphatic rings. The van der Waals surface area contributed by atoms with Crippen molar-refractivity contribution in [1.29, 1.82) is 0 Å². The number of likely N-dealkylation sites (N-methyl/N-ethyl adjacent to an activating group) is 1. The maximum atomic E-state index is 12.0. The van der Waals surface area contributed by atoms with E-state index in [1.165, 1.54) is 24.3 Å². The average Bonchev–Trinajstić information content (AvgIpc) is 2.34. The minimum atomic E-state index is -4.72. The van der Waals surface area contributed by atoms with Gasteiger partial charge in [-0.05, 0) is 38.1 Å². The van der Waals surface area contributed by atoms with E-state index in [1.807, 2.05) is 0 Å². The molecule has 0 aromatic heterocycles. The summed E-state index contributed by atoms with van der Waals surface area (Å²) >= 11 is 0. The van der Waals surface area contributed by atoms with Crippen LogP contribution in [-0.4, -0.2) is 39.4 Å². The van der Waals surface area contributed by atoms with E-state index < -0.39 is 21.4 Å². The van der Waals surface area contributed by atoms with Gasteiger partial charge in [0, 0.05) is 12.3 Å². The third-order valence-electron chi connectivity index (χ3n) is 3.23. The second kappa shape index (κ2) is 6.65. The number of benzene rings is 1. The van der Waals surface area contributed by atoms with Crippen LogP contribution in [0.4, 0.5) is 13.2 Å². The fraction of sp³-hybridized carbons (Fsp3) is 0.538. The molecule has 21 heavy (non-hydrogen) atoms. The number of ether oxygens (including phenoxy) is 1. The van der Waals surface area contributed by atoms with Gasteiger partial charge < -0.3 is 10.1 Å². The van der Waals surface area contributed by atoms with Crippen LogP contribution in [-0.2, 0) is 16.3 Å². The van der Waals surface area contributed by atoms with E-state index >= 15 is 0 Å². The molecule has 1 rings (SSSR count). The Kier molecular flexibility index (Phi) is 5.63. The zero-order valence-corrected chi connectivity index (χ0v) is 12.8. The van der Waals surface area contributed by atoms with E-state index in [4.69, 9.17) is 0 Å². The minimum Gasteiger partial charge on any atom is -0.406 e. The lowest BCUT2D eigenvalue weighted by atomic mass is 10.0. The molecule has 0 bridgehead atoms. The monoisotopic (exact) mass is 325 g/mol. The van der Waals surface area contributed by atoms with Crippen LogP contribution in [0.1, 0.15) is 12.5 Å². The van der Waals surface area contributed by atoms with E-state index in [0.717, 1.165) is 11.8 Å². The molecule has 0 saturated carbocycles. The third-order valence-corrected chi connectivity index (χ3v) is 4.90. The van der Waals surface area contributed by atoms with Gasteiger partial charge in [-0.25, -0.2) is 8.42 Å². The van der Waals surface area contributed by atoms with Crippen LogP contribution >= 0.6 is 0 Å². The summed E-state index contributed by atoms with van der Waals surface area (Å²) in [5, 5.41) is 2.32. The Labute approximate surface area is 122 Å². The Hall–Kier alpha value is -1.28. The van der Waals surface area contributed by atoms with Crippen molar-refractivity contribution in [2.45, 2.75) is 31.0 Å². The minimum absolute atomic E-state index is 0.302. The molecule has 1 N–H and O–H groups in total. The summed E-state index contributed by atoms with van der Waals surface area (Å²) in [5.74, 6) is -0.302. The topological polar surface area (TPSA) is 55.4 Å². The van der Waals surface area contributed by atoms with E-state index in [2.05, 4.69) is 10.1 Å². The van der Waals surface area contributed by atoms with Gasteiger partial charge in [-0.2, -0.15) is 0 Å². The van der Waals surface area contributed by atoms with Gasteiger partial charge in [-0.1, -0.05) is 12.1 Å². The summed E-state index contributed by atoms with van der Waals surface area (Å²) in [6.07, 6.45) is -3.18. The number of rotatable bonds is 6. The van der Waals surface area contributed by atoms with Crippen LogP contribution in [0, 0.1) is 0 Å². The number of alkyl halides is 3. The predicted octanol–water partition coefficient (Wildman–Crippen LogP) is 2.15. The number of hydrogen-bond donors (Lipinski definition) is 1. The molecule has 0 heterocycles. The van der Waals surface area contributed by atoms with Crippen molar-refractivity contribution < 1.29 is 26.3 Å². The highest BCUT2D eigenvalue weighted by atomic mass is 32.2. The molecular weight excluding hydrogens is 307 g/mol. The zero-order chi connectivity index (χ0) is 16.3. The van der Waals surface area contributed by atoms with Crippen molar-refractivity contribution >= 4 is 9.84 Å². The fourth-order valence-electron chi connectivity index (χ4n) is 1.88. The molecule has 0 aliphatic heterocycles. The lowest BCUT2D eigenvalue weighted by molar-refractivity contribution is -0.274. The summed E-state index contributed by atoms with van der Waals surface area (Å²) in [6.45, 7) is 1.59. The van der Waals surface area contributed by atoms with Gasteiger partial charge in [0.15, 0.2) is 9.84 Å². The zero-order valence-electron chi connectivity index (χ0n) is 11.9. The second-order valence-electron chi connectivity index (χ2n) is 4.83. The Bertz CT molecular complexity index is 555. The van der Waals surface area contributed by atoms with Gasteiger partial charge in [-0.3, -0.25) is 0 Å². The van der Waals surface area contributed by atoms with Gasteiger partial charge in [0.2, 0.25) is 0 Å². The van der Waals surface area contributed by atoms with Crippen molar-refractivity contribution in [3.8, 4) is 5.75 Å². The van der Waals surface area contributed by atoms with Crippen LogP contribution in [0.2, 0.25) is 0 Å². The number of hydrogen-bond acceptors (Lipinski definition) is 4. The van der Waals surface area contributed by atoms with Gasteiger partial charge in [0.1, 0.15) is 5.75 Å². The normalized spacial score (nSPS) is 15.5. The number of nitrogens with one attached hydrogen (secondary N) is 1. The Balaban J connectivity index is 2.78. The number of sulfone groups is 1. The Morgan fingerprint density at radius 2 is 1.76 bits per heavy atom. The highest BCUT2D eigenvalue weighted by Crippen LogP contribution is 2.23. The highest BCUT2D eigenvalue weighted by molar-refractivity contribution is 7.91. The van der Waals surface area contributed by atoms with E-state index in [-0.39, 0.29) is 11.8 Å². The molecule has 0 amide bonds. The maximum absolute atomic E-state index is 12.0. The Morgan fingerprint density at radius 1 is 1.24 bits per heavy atom. The Morgan fingerprint density at radius 3 is 2.14 bits per heavy atom. The maximum Gasteiger partial charge on any atom is 0.573 e. The van der Waals surface area contributed by atoms with Crippen LogP contribution < -0.4 is 10.1 Å². The first-order valence-electron chi connectivity index (χ1n) is 6.24. The first-order chi connectivity index (χ1) is 9.53. The molecule has 0 spiro atoms. The molecule has 0 saturated heterocycles. The first kappa shape index (κ1) is 17.8. The highest BCUT2D eigenvalue weighted by Gasteiger charge is 2.31. The first-order valence-corrected chi connectivity index (χ1v) is 8.19. The largest absolute Gasteiger partial charge is 0.573 e. The lowest BCUT2D eigenvalue weighted by Gasteiger charge is -2.22. The van der Waals surface area contributed by atoms with E-state index in [0.29, 0.717) is 6.42 Å². The molecule has 0 radical (unpaired) electrons. The van der Waals surface area contributed by atoms with Crippen LogP contribution in [0.3, 0.4) is 0 Å². The SMILES string of the molecule is CNC(Cc1ccc(OC(F)(F)F)cc1)C(C)S(C)(=O)=O. The molecule has 0 aliphatic carbocycles. The van der Waals surface area contributed by atoms with Crippen LogP contribution in [0.25, 0.3) is 0 Å². The predicted molar refractivity (Wildman–Crippen MR) is 74.0 cm³/mol. The molecule has 2 atom stereocenters. The van der Waals surface area contributed by atoms with Crippen molar-refractivity contribution in [2.75, 3.05) is 13.3 Å². The van der Waals surface area contributed by atoms with Gasteiger partial charge in [0.05, 0.1) is 5.25 Å². The summed E-state index contributed by atoms with van der Waals surface area (Å²) in [7, 11) is -1.56. The molecule has 8 heteroatoms. The van der Waals surface area contributed by atoms with Crippen molar-refractivity contribution in [1.82, 2.24) is 5.32 Å². The summed E-state index contributed by atoms with van der Waals surface area (Å²) in [4.78, 5) is 0. The molecule has 2 unspecified atom stereocenters. The van der Waals surface area contributed by atoms with Crippen molar-refractivity contribution in [3.05, 3.63) is 29.8 Å². The smallest absolute Gasteiger partial charge is 0.406 e. The molecule has 4 nitrogen and oxygen atoms in total. The van der Waals surface area contributed by atoms with Crippen molar-refractivity contribution in [3.63, 3.8) is 0 Å². The van der Waals surface area contributed by atoms with E-state index in [1.54, 1.807) is 14.0 Å². The molecule has 1 aromatic carbocycles. The molecular formula is C13H18F3NO3S. The standard InChI is InChI=1S/C13H18F3NO3S/c1-9(21(3,18)19)12(17-2)8-10-4-6-11(7-5-10)20-13(14,15)16/h4-7,9,12,17H,8H2,1-3H3. The van der Waals surface area contributed by atoms with Gasteiger partial charge in [-0.15, -0.1) is 13.2 Å². The van der Waals surface area contributed by atoms with Crippen molar-refractivity contribution in [2.24, 2.45) is 0 Å². The molecule has 0 fully saturated rings. The summed E-state index contributed by atoms with van der Waals surface area (Å²) in [5.41, 5.74) is 0.722. The third kappa shape index (κ3) is 5.92. The molecule has 120 valence electrons. The summed E-state index contributed by atoms with van der Waals surface area (Å²) in [6, 6.07) is 5.07. The fourth-order valence-corrected chi connectivity index (χ4v) is 2.71. The average molecular weight is 325 g/mol. The number of halogens is 3. The summed E-state index contributed by atoms with van der Waals surface area (Å²) < 4.78 is 63.0. The van der Waals surface area contributed by atoms with Crippen LogP contribution in [0.15, 0.2) is 24.3 Å². The quantitative estimate of drug-likeness (QED) is 0.871. The van der Waals surface area contributed by atoms with Gasteiger partial charge >= 0.3 is 6.36 Å². The second-order valence-corrected chi connectivity index (χ2v) is 7.23. The lowest BCUT2D eigenvalue weighted by Crippen LogP contribution is -2.41. The van der Waals surface area contributed by atoms with E-state index in [9.17, 15) is 21.6 Å².